The Balaban J connectivity index is 2.55. The van der Waals surface area contributed by atoms with Gasteiger partial charge >= 0.3 is 5.97 Å². The third-order valence-corrected chi connectivity index (χ3v) is 3.41. The second-order valence-electron chi connectivity index (χ2n) is 4.97. The highest BCUT2D eigenvalue weighted by atomic mass is 16.4. The minimum atomic E-state index is -1.25. The number of aliphatic carboxylic acids is 1. The highest BCUT2D eigenvalue weighted by Gasteiger charge is 2.40. The molecule has 2 amide bonds. The van der Waals surface area contributed by atoms with E-state index in [1.54, 1.807) is 0 Å². The van der Waals surface area contributed by atoms with Crippen molar-refractivity contribution in [1.82, 2.24) is 10.6 Å². The van der Waals surface area contributed by atoms with E-state index in [9.17, 15) is 24.6 Å². The number of hydrogen-bond donors (Lipinski definition) is 4. The van der Waals surface area contributed by atoms with Gasteiger partial charge in [-0.25, -0.2) is 4.79 Å². The van der Waals surface area contributed by atoms with Gasteiger partial charge in [-0.3, -0.25) is 9.59 Å². The molecule has 0 radical (unpaired) electrons. The lowest BCUT2D eigenvalue weighted by Gasteiger charge is -2.33. The lowest BCUT2D eigenvalue weighted by atomic mass is 9.81. The zero-order valence-electron chi connectivity index (χ0n) is 11.7. The first-order chi connectivity index (χ1) is 9.91. The summed E-state index contributed by atoms with van der Waals surface area (Å²) in [6.07, 6.45) is 5.50. The maximum absolute atomic E-state index is 11.8. The van der Waals surface area contributed by atoms with Crippen molar-refractivity contribution in [3.8, 4) is 0 Å². The Morgan fingerprint density at radius 3 is 2.29 bits per heavy atom. The molecule has 1 rings (SSSR count). The van der Waals surface area contributed by atoms with Crippen molar-refractivity contribution >= 4 is 17.8 Å². The second-order valence-corrected chi connectivity index (χ2v) is 4.97. The summed E-state index contributed by atoms with van der Waals surface area (Å²) < 4.78 is 0. The highest BCUT2D eigenvalue weighted by Crippen LogP contribution is 2.28. The van der Waals surface area contributed by atoms with Crippen LogP contribution in [0.5, 0.6) is 0 Å². The van der Waals surface area contributed by atoms with Crippen LogP contribution in [0.3, 0.4) is 0 Å². The van der Waals surface area contributed by atoms with Crippen molar-refractivity contribution in [3.63, 3.8) is 0 Å². The van der Waals surface area contributed by atoms with Crippen molar-refractivity contribution in [2.45, 2.75) is 37.6 Å². The summed E-state index contributed by atoms with van der Waals surface area (Å²) in [5.74, 6) is -3.04. The smallest absolute Gasteiger partial charge is 0.329 e. The second kappa shape index (κ2) is 7.47. The molecule has 7 nitrogen and oxygen atoms in total. The van der Waals surface area contributed by atoms with Gasteiger partial charge in [-0.15, -0.1) is 0 Å². The van der Waals surface area contributed by atoms with Gasteiger partial charge in [0, 0.05) is 0 Å². The van der Waals surface area contributed by atoms with Crippen molar-refractivity contribution in [3.05, 3.63) is 24.5 Å². The molecule has 1 fully saturated rings. The van der Waals surface area contributed by atoms with Crippen molar-refractivity contribution in [1.29, 1.82) is 0 Å². The largest absolute Gasteiger partial charge is 0.503 e. The minimum Gasteiger partial charge on any atom is -0.503 e. The van der Waals surface area contributed by atoms with Crippen LogP contribution in [0.25, 0.3) is 0 Å². The summed E-state index contributed by atoms with van der Waals surface area (Å²) in [4.78, 5) is 34.5. The molecule has 0 aliphatic heterocycles. The van der Waals surface area contributed by atoms with Crippen molar-refractivity contribution in [2.75, 3.05) is 6.54 Å². The van der Waals surface area contributed by atoms with Crippen LogP contribution < -0.4 is 10.6 Å². The summed E-state index contributed by atoms with van der Waals surface area (Å²) in [5, 5.41) is 23.2. The Hall–Kier alpha value is -2.31. The molecule has 0 unspecified atom stereocenters. The molecule has 0 heterocycles. The lowest BCUT2D eigenvalue weighted by Crippen LogP contribution is -2.57. The highest BCUT2D eigenvalue weighted by molar-refractivity contribution is 5.95. The fraction of sp³-hybridized carbons (Fsp3) is 0.500. The molecular formula is C14H20N2O5. The summed E-state index contributed by atoms with van der Waals surface area (Å²) in [7, 11) is 0. The summed E-state index contributed by atoms with van der Waals surface area (Å²) in [5.41, 5.74) is -1.25. The van der Waals surface area contributed by atoms with Crippen LogP contribution in [0.4, 0.5) is 0 Å². The Morgan fingerprint density at radius 1 is 1.14 bits per heavy atom. The number of rotatable bonds is 6. The number of hydrogen-bond acceptors (Lipinski definition) is 4. The molecule has 0 saturated heterocycles. The molecule has 0 aromatic heterocycles. The van der Waals surface area contributed by atoms with E-state index >= 15 is 0 Å². The number of amides is 2. The van der Waals surface area contributed by atoms with E-state index in [0.717, 1.165) is 25.3 Å². The monoisotopic (exact) mass is 296 g/mol. The zero-order chi connectivity index (χ0) is 15.9. The molecule has 1 aliphatic rings. The van der Waals surface area contributed by atoms with E-state index in [0.29, 0.717) is 12.8 Å². The lowest BCUT2D eigenvalue weighted by molar-refractivity contribution is -0.149. The fourth-order valence-electron chi connectivity index (χ4n) is 2.30. The predicted molar refractivity (Wildman–Crippen MR) is 75.5 cm³/mol. The number of allylic oxidation sites excluding steroid dienone is 2. The van der Waals surface area contributed by atoms with Crippen LogP contribution in [0, 0.1) is 0 Å². The van der Waals surface area contributed by atoms with Crippen LogP contribution >= 0.6 is 0 Å². The third kappa shape index (κ3) is 4.62. The summed E-state index contributed by atoms with van der Waals surface area (Å²) >= 11 is 0. The van der Waals surface area contributed by atoms with Gasteiger partial charge in [-0.05, 0) is 18.9 Å². The number of carboxylic acids is 1. The molecule has 1 saturated carbocycles. The van der Waals surface area contributed by atoms with Crippen LogP contribution in [-0.2, 0) is 14.4 Å². The summed E-state index contributed by atoms with van der Waals surface area (Å²) in [6, 6.07) is 0. The van der Waals surface area contributed by atoms with Gasteiger partial charge in [0.05, 0.1) is 6.54 Å². The molecule has 0 spiro atoms. The number of carbonyl (C=O) groups is 3. The number of aliphatic hydroxyl groups is 1. The first kappa shape index (κ1) is 16.7. The van der Waals surface area contributed by atoms with Crippen LogP contribution in [-0.4, -0.2) is 40.1 Å². The number of nitrogens with one attached hydrogen (secondary N) is 2. The summed E-state index contributed by atoms with van der Waals surface area (Å²) in [6.45, 7) is 2.92. The van der Waals surface area contributed by atoms with Crippen LogP contribution in [0.1, 0.15) is 32.1 Å². The average Bonchev–Trinajstić information content (AvgIpc) is 2.45. The van der Waals surface area contributed by atoms with Gasteiger partial charge in [0.25, 0.3) is 5.91 Å². The topological polar surface area (TPSA) is 116 Å². The fourth-order valence-corrected chi connectivity index (χ4v) is 2.30. The van der Waals surface area contributed by atoms with E-state index in [4.69, 9.17) is 0 Å². The normalized spacial score (nSPS) is 17.6. The Bertz CT molecular complexity index is 464. The third-order valence-electron chi connectivity index (χ3n) is 3.41. The number of aliphatic hydroxyl groups excluding tert-OH is 1. The molecule has 116 valence electrons. The maximum Gasteiger partial charge on any atom is 0.329 e. The molecule has 0 bridgehead atoms. The van der Waals surface area contributed by atoms with E-state index in [1.807, 2.05) is 0 Å². The molecule has 0 aromatic carbocycles. The zero-order valence-corrected chi connectivity index (χ0v) is 11.7. The minimum absolute atomic E-state index is 0.379. The molecule has 4 N–H and O–H groups in total. The Kier molecular flexibility index (Phi) is 5.95. The van der Waals surface area contributed by atoms with Gasteiger partial charge in [0.1, 0.15) is 5.54 Å². The van der Waals surface area contributed by atoms with E-state index < -0.39 is 35.6 Å². The van der Waals surface area contributed by atoms with Crippen LogP contribution in [0.15, 0.2) is 24.5 Å². The van der Waals surface area contributed by atoms with Crippen molar-refractivity contribution < 1.29 is 24.6 Å². The van der Waals surface area contributed by atoms with Crippen LogP contribution in [0.2, 0.25) is 0 Å². The number of carbonyl (C=O) groups excluding carboxylic acids is 2. The van der Waals surface area contributed by atoms with E-state index in [1.165, 1.54) is 6.08 Å². The first-order valence-corrected chi connectivity index (χ1v) is 6.75. The SMILES string of the molecule is C=C/C=C(\O)C(=O)NCC(=O)NC1(C(=O)O)CCCCC1. The maximum atomic E-state index is 11.8. The van der Waals surface area contributed by atoms with Crippen molar-refractivity contribution in [2.24, 2.45) is 0 Å². The molecule has 0 atom stereocenters. The van der Waals surface area contributed by atoms with Gasteiger partial charge in [-0.1, -0.05) is 31.9 Å². The number of carboxylic acid groups (broad SMARTS) is 1. The average molecular weight is 296 g/mol. The van der Waals surface area contributed by atoms with Gasteiger partial charge in [0.2, 0.25) is 5.91 Å². The predicted octanol–water partition coefficient (Wildman–Crippen LogP) is 0.634. The standard InChI is InChI=1S/C14H20N2O5/c1-2-6-10(17)12(19)15-9-11(18)16-14(13(20)21)7-4-3-5-8-14/h2,6,17H,1,3-5,7-9H2,(H,15,19)(H,16,18)(H,20,21)/b10-6-. The van der Waals surface area contributed by atoms with Gasteiger partial charge < -0.3 is 20.8 Å². The Labute approximate surface area is 122 Å². The molecule has 21 heavy (non-hydrogen) atoms. The van der Waals surface area contributed by atoms with Gasteiger partial charge in [-0.2, -0.15) is 0 Å². The van der Waals surface area contributed by atoms with Gasteiger partial charge in [0.15, 0.2) is 5.76 Å². The molecular weight excluding hydrogens is 276 g/mol. The molecule has 7 heteroatoms. The van der Waals surface area contributed by atoms with E-state index in [2.05, 4.69) is 17.2 Å². The first-order valence-electron chi connectivity index (χ1n) is 6.75. The quantitative estimate of drug-likeness (QED) is 0.326. The molecule has 1 aliphatic carbocycles. The van der Waals surface area contributed by atoms with E-state index in [-0.39, 0.29) is 0 Å². The Morgan fingerprint density at radius 2 is 1.76 bits per heavy atom. The molecule has 0 aromatic rings.